The van der Waals surface area contributed by atoms with Gasteiger partial charge in [0.2, 0.25) is 0 Å². The maximum absolute atomic E-state index is 2.58. The van der Waals surface area contributed by atoms with Crippen molar-refractivity contribution in [3.8, 4) is 55.6 Å². The molecule has 0 bridgehead atoms. The Bertz CT molecular complexity index is 2930. The summed E-state index contributed by atoms with van der Waals surface area (Å²) < 4.78 is 0. The molecule has 1 spiro atoms. The van der Waals surface area contributed by atoms with Gasteiger partial charge in [0, 0.05) is 22.4 Å². The first-order chi connectivity index (χ1) is 30.3. The molecule has 3 aliphatic rings. The second-order valence-electron chi connectivity index (χ2n) is 17.0. The van der Waals surface area contributed by atoms with Crippen LogP contribution in [-0.4, -0.2) is 0 Å². The third-order valence-corrected chi connectivity index (χ3v) is 13.6. The summed E-state index contributed by atoms with van der Waals surface area (Å²) in [6.45, 7) is 0. The van der Waals surface area contributed by atoms with Gasteiger partial charge in [0.15, 0.2) is 0 Å². The second-order valence-corrected chi connectivity index (χ2v) is 17.0. The van der Waals surface area contributed by atoms with Crippen molar-refractivity contribution < 1.29 is 0 Å². The van der Waals surface area contributed by atoms with E-state index in [1.54, 1.807) is 11.1 Å². The van der Waals surface area contributed by atoms with Crippen LogP contribution in [0.4, 0.5) is 17.1 Å². The summed E-state index contributed by atoms with van der Waals surface area (Å²) in [6.07, 6.45) is 13.5. The first kappa shape index (κ1) is 37.1. The summed E-state index contributed by atoms with van der Waals surface area (Å²) in [5.41, 5.74) is 22.1. The predicted octanol–water partition coefficient (Wildman–Crippen LogP) is 16.8. The summed E-state index contributed by atoms with van der Waals surface area (Å²) in [5, 5.41) is 0. The van der Waals surface area contributed by atoms with E-state index in [9.17, 15) is 0 Å². The first-order valence-electron chi connectivity index (χ1n) is 22.2. The van der Waals surface area contributed by atoms with Crippen molar-refractivity contribution in [1.82, 2.24) is 0 Å². The Balaban J connectivity index is 1.09. The highest BCUT2D eigenvalue weighted by Gasteiger charge is 2.45. The molecule has 1 nitrogen and oxygen atoms in total. The molecule has 8 aromatic carbocycles. The van der Waals surface area contributed by atoms with Crippen LogP contribution >= 0.6 is 0 Å². The van der Waals surface area contributed by atoms with Crippen LogP contribution in [0.2, 0.25) is 0 Å². The Morgan fingerprint density at radius 3 is 1.48 bits per heavy atom. The summed E-state index contributed by atoms with van der Waals surface area (Å²) >= 11 is 0. The highest BCUT2D eigenvalue weighted by atomic mass is 15.1. The van der Waals surface area contributed by atoms with E-state index in [4.69, 9.17) is 0 Å². The molecule has 1 saturated carbocycles. The average molecular weight is 784 g/mol. The predicted molar refractivity (Wildman–Crippen MR) is 258 cm³/mol. The summed E-state index contributed by atoms with van der Waals surface area (Å²) in [7, 11) is 0. The van der Waals surface area contributed by atoms with Gasteiger partial charge in [-0.15, -0.1) is 0 Å². The van der Waals surface area contributed by atoms with Gasteiger partial charge in [-0.25, -0.2) is 0 Å². The third kappa shape index (κ3) is 6.57. The zero-order valence-electron chi connectivity index (χ0n) is 34.6. The first-order valence-corrected chi connectivity index (χ1v) is 22.2. The number of rotatable bonds is 8. The number of fused-ring (bicyclic) bond motifs is 4. The van der Waals surface area contributed by atoms with Crippen molar-refractivity contribution in [3.63, 3.8) is 0 Å². The minimum Gasteiger partial charge on any atom is -0.310 e. The number of nitrogens with zero attached hydrogens (tertiary/aromatic N) is 1. The fourth-order valence-electron chi connectivity index (χ4n) is 10.8. The van der Waals surface area contributed by atoms with Crippen LogP contribution in [-0.2, 0) is 5.41 Å². The molecular formula is C60H49N. The van der Waals surface area contributed by atoms with Crippen LogP contribution < -0.4 is 4.90 Å². The van der Waals surface area contributed by atoms with Crippen molar-refractivity contribution in [1.29, 1.82) is 0 Å². The molecule has 0 aromatic heterocycles. The number of hydrogen-bond acceptors (Lipinski definition) is 1. The molecule has 0 saturated heterocycles. The molecule has 0 aliphatic heterocycles. The maximum Gasteiger partial charge on any atom is 0.0540 e. The molecule has 0 unspecified atom stereocenters. The topological polar surface area (TPSA) is 3.24 Å². The highest BCUT2D eigenvalue weighted by molar-refractivity contribution is 5.98. The van der Waals surface area contributed by atoms with Gasteiger partial charge in [0.1, 0.15) is 0 Å². The van der Waals surface area contributed by atoms with E-state index in [-0.39, 0.29) is 5.41 Å². The van der Waals surface area contributed by atoms with E-state index in [0.717, 1.165) is 24.2 Å². The Hall–Kier alpha value is -6.96. The highest BCUT2D eigenvalue weighted by Crippen LogP contribution is 2.58. The fraction of sp³-hybridized carbons (Fsp3) is 0.133. The number of para-hydroxylation sites is 1. The number of hydrogen-bond donors (Lipinski definition) is 0. The van der Waals surface area contributed by atoms with Crippen LogP contribution in [0.1, 0.15) is 56.1 Å². The van der Waals surface area contributed by atoms with E-state index >= 15 is 0 Å². The van der Waals surface area contributed by atoms with E-state index in [1.807, 2.05) is 0 Å². The molecule has 11 rings (SSSR count). The average Bonchev–Trinajstić information content (AvgIpc) is 3.60. The minimum absolute atomic E-state index is 0.0970. The van der Waals surface area contributed by atoms with E-state index < -0.39 is 0 Å². The van der Waals surface area contributed by atoms with E-state index in [0.29, 0.717) is 0 Å². The Morgan fingerprint density at radius 2 is 0.852 bits per heavy atom. The van der Waals surface area contributed by atoms with Gasteiger partial charge in [0.05, 0.1) is 5.69 Å². The Labute approximate surface area is 361 Å². The third-order valence-electron chi connectivity index (χ3n) is 13.6. The summed E-state index contributed by atoms with van der Waals surface area (Å²) in [4.78, 5) is 2.53. The molecule has 0 heterocycles. The van der Waals surface area contributed by atoms with Crippen molar-refractivity contribution in [2.24, 2.45) is 0 Å². The summed E-state index contributed by atoms with van der Waals surface area (Å²) in [5.74, 6) is 0. The van der Waals surface area contributed by atoms with Crippen LogP contribution in [0.15, 0.2) is 218 Å². The Kier molecular flexibility index (Phi) is 9.66. The molecule has 1 heteroatoms. The Morgan fingerprint density at radius 1 is 0.377 bits per heavy atom. The molecule has 0 amide bonds. The molecule has 61 heavy (non-hydrogen) atoms. The zero-order valence-corrected chi connectivity index (χ0v) is 34.6. The van der Waals surface area contributed by atoms with Crippen LogP contribution in [0.3, 0.4) is 0 Å². The summed E-state index contributed by atoms with van der Waals surface area (Å²) in [6, 6.07) is 73.9. The molecule has 0 radical (unpaired) electrons. The van der Waals surface area contributed by atoms with E-state index in [1.165, 1.54) is 105 Å². The lowest BCUT2D eigenvalue weighted by Crippen LogP contribution is -2.29. The lowest BCUT2D eigenvalue weighted by atomic mass is 9.66. The van der Waals surface area contributed by atoms with Crippen LogP contribution in [0.25, 0.3) is 61.2 Å². The van der Waals surface area contributed by atoms with Crippen LogP contribution in [0, 0.1) is 0 Å². The van der Waals surface area contributed by atoms with Gasteiger partial charge in [-0.05, 0) is 128 Å². The zero-order chi connectivity index (χ0) is 40.6. The SMILES string of the molecule is C1=CC2=C(CC1)c1ccc(N(c3ccc(-c4ccccc4-c4ccccc4)cc3)c3ccccc3-c3ccccc3-c3ccccc3-c3ccccc3)cc1C21CCCCC1. The lowest BCUT2D eigenvalue weighted by molar-refractivity contribution is 0.350. The fourth-order valence-corrected chi connectivity index (χ4v) is 10.8. The normalized spacial score (nSPS) is 15.1. The van der Waals surface area contributed by atoms with Gasteiger partial charge in [-0.1, -0.05) is 201 Å². The van der Waals surface area contributed by atoms with Crippen molar-refractivity contribution in [3.05, 3.63) is 229 Å². The quantitative estimate of drug-likeness (QED) is 0.148. The molecule has 294 valence electrons. The van der Waals surface area contributed by atoms with E-state index in [2.05, 4.69) is 217 Å². The lowest BCUT2D eigenvalue weighted by Gasteiger charge is -2.38. The monoisotopic (exact) mass is 783 g/mol. The molecular weight excluding hydrogens is 735 g/mol. The smallest absolute Gasteiger partial charge is 0.0540 e. The largest absolute Gasteiger partial charge is 0.310 e. The standard InChI is InChI=1S/C60H49N/c1-4-20-43(21-5-1)48-24-8-9-25-49(48)45-34-36-46(37-35-45)61(47-38-39-55-54-30-14-16-32-57(54)60(58(55)42-47)40-18-3-19-41-60)59-33-17-15-31-56(59)53-29-13-12-28-52(53)51-27-11-10-26-50(51)44-22-6-2-7-23-44/h1-2,4-13,15-17,20-29,31-39,42H,3,14,18-19,30,40-41H2. The number of anilines is 3. The molecule has 0 N–H and O–H groups in total. The maximum atomic E-state index is 2.58. The van der Waals surface area contributed by atoms with Gasteiger partial charge in [-0.2, -0.15) is 0 Å². The van der Waals surface area contributed by atoms with Gasteiger partial charge in [-0.3, -0.25) is 0 Å². The second kappa shape index (κ2) is 15.9. The minimum atomic E-state index is 0.0970. The van der Waals surface area contributed by atoms with Gasteiger partial charge >= 0.3 is 0 Å². The number of benzene rings is 8. The number of allylic oxidation sites excluding steroid dienone is 4. The molecule has 3 aliphatic carbocycles. The van der Waals surface area contributed by atoms with Gasteiger partial charge < -0.3 is 4.90 Å². The van der Waals surface area contributed by atoms with Crippen molar-refractivity contribution in [2.75, 3.05) is 4.90 Å². The van der Waals surface area contributed by atoms with Crippen LogP contribution in [0.5, 0.6) is 0 Å². The molecule has 1 fully saturated rings. The van der Waals surface area contributed by atoms with Crippen molar-refractivity contribution in [2.45, 2.75) is 50.4 Å². The molecule has 8 aromatic rings. The van der Waals surface area contributed by atoms with Gasteiger partial charge in [0.25, 0.3) is 0 Å². The molecule has 0 atom stereocenters. The van der Waals surface area contributed by atoms with Crippen molar-refractivity contribution >= 4 is 22.6 Å².